The van der Waals surface area contributed by atoms with E-state index in [0.29, 0.717) is 78.3 Å². The van der Waals surface area contributed by atoms with Crippen molar-refractivity contribution in [1.29, 1.82) is 0 Å². The van der Waals surface area contributed by atoms with Crippen molar-refractivity contribution in [2.45, 2.75) is 125 Å². The quantitative estimate of drug-likeness (QED) is 0.0740. The third-order valence-corrected chi connectivity index (χ3v) is 16.2. The summed E-state index contributed by atoms with van der Waals surface area (Å²) in [4.78, 5) is 43.0. The van der Waals surface area contributed by atoms with Crippen LogP contribution in [0.4, 0.5) is 5.82 Å². The first-order chi connectivity index (χ1) is 29.0. The topological polar surface area (TPSA) is 108 Å². The summed E-state index contributed by atoms with van der Waals surface area (Å²) in [5, 5.41) is 0.816. The summed E-state index contributed by atoms with van der Waals surface area (Å²) in [5.74, 6) is 6.69. The molecule has 4 aromatic rings. The zero-order valence-electron chi connectivity index (χ0n) is 36.7. The van der Waals surface area contributed by atoms with E-state index in [0.717, 1.165) is 59.3 Å². The monoisotopic (exact) mass is 815 g/mol. The van der Waals surface area contributed by atoms with Crippen LogP contribution in [-0.2, 0) is 14.3 Å². The lowest BCUT2D eigenvalue weighted by atomic mass is 9.46. The third-order valence-electron chi connectivity index (χ3n) is 16.2. The molecule has 4 aliphatic carbocycles. The van der Waals surface area contributed by atoms with Crippen molar-refractivity contribution in [1.82, 2.24) is 15.0 Å². The maximum absolute atomic E-state index is 13.4. The number of nitrogens with zero attached hydrogens (tertiary/aromatic N) is 4. The second-order valence-electron chi connectivity index (χ2n) is 20.2. The number of hydrogen-bond acceptors (Lipinski definition) is 9. The summed E-state index contributed by atoms with van der Waals surface area (Å²) < 4.78 is 17.6. The van der Waals surface area contributed by atoms with E-state index in [9.17, 15) is 9.59 Å². The number of ether oxygens (including phenoxy) is 2. The van der Waals surface area contributed by atoms with Crippen molar-refractivity contribution < 1.29 is 23.5 Å². The molecule has 1 saturated heterocycles. The number of Topliss-reactive ketones (excluding diaryl/α,β-unsaturated/α-hetero) is 1. The van der Waals surface area contributed by atoms with E-state index in [2.05, 4.69) is 50.6 Å². The van der Waals surface area contributed by atoms with Gasteiger partial charge >= 0.3 is 5.97 Å². The number of fused-ring (bicyclic) bond motifs is 8. The van der Waals surface area contributed by atoms with Crippen LogP contribution < -0.4 is 9.64 Å². The molecule has 3 aromatic heterocycles. The van der Waals surface area contributed by atoms with Gasteiger partial charge in [-0.05, 0) is 128 Å². The van der Waals surface area contributed by atoms with Gasteiger partial charge in [-0.1, -0.05) is 77.7 Å². The number of rotatable bonds is 13. The Morgan fingerprint density at radius 3 is 2.63 bits per heavy atom. The van der Waals surface area contributed by atoms with Crippen molar-refractivity contribution in [2.24, 2.45) is 52.3 Å². The first kappa shape index (κ1) is 41.3. The molecule has 0 spiro atoms. The minimum absolute atomic E-state index is 0.0646. The van der Waals surface area contributed by atoms with Crippen LogP contribution in [0, 0.1) is 52.3 Å². The normalized spacial score (nSPS) is 29.5. The average Bonchev–Trinajstić information content (AvgIpc) is 3.81. The first-order valence-corrected chi connectivity index (χ1v) is 23.4. The van der Waals surface area contributed by atoms with E-state index in [4.69, 9.17) is 23.9 Å². The predicted octanol–water partition coefficient (Wildman–Crippen LogP) is 11.6. The molecule has 1 aromatic carbocycles. The van der Waals surface area contributed by atoms with E-state index in [1.165, 1.54) is 57.8 Å². The smallest absolute Gasteiger partial charge is 0.311 e. The molecule has 4 heterocycles. The third kappa shape index (κ3) is 7.93. The van der Waals surface area contributed by atoms with Gasteiger partial charge in [-0.2, -0.15) is 0 Å². The molecule has 9 nitrogen and oxygen atoms in total. The number of esters is 1. The highest BCUT2D eigenvalue weighted by Crippen LogP contribution is 2.67. The number of ketones is 1. The van der Waals surface area contributed by atoms with Crippen LogP contribution in [-0.4, -0.2) is 53.0 Å². The van der Waals surface area contributed by atoms with E-state index in [-0.39, 0.29) is 24.0 Å². The largest absolute Gasteiger partial charge is 0.432 e. The summed E-state index contributed by atoms with van der Waals surface area (Å²) in [6.07, 6.45) is 19.4. The summed E-state index contributed by atoms with van der Waals surface area (Å²) in [6.45, 7) is 15.1. The van der Waals surface area contributed by atoms with Gasteiger partial charge in [0.25, 0.3) is 0 Å². The Bertz CT molecular complexity index is 2240. The van der Waals surface area contributed by atoms with Gasteiger partial charge in [-0.25, -0.2) is 15.0 Å². The molecule has 0 amide bonds. The van der Waals surface area contributed by atoms with Gasteiger partial charge in [0.05, 0.1) is 25.0 Å². The van der Waals surface area contributed by atoms with Crippen molar-refractivity contribution in [3.8, 4) is 17.1 Å². The van der Waals surface area contributed by atoms with Crippen molar-refractivity contribution in [3.63, 3.8) is 0 Å². The maximum Gasteiger partial charge on any atom is 0.311 e. The fraction of sp³-hybridized carbons (Fsp3) is 0.627. The van der Waals surface area contributed by atoms with Gasteiger partial charge in [0, 0.05) is 37.7 Å². The Kier molecular flexibility index (Phi) is 11.7. The average molecular weight is 815 g/mol. The number of pyridine rings is 1. The summed E-state index contributed by atoms with van der Waals surface area (Å²) in [5.41, 5.74) is 4.92. The van der Waals surface area contributed by atoms with Gasteiger partial charge in [-0.15, -0.1) is 0 Å². The molecular weight excluding hydrogens is 749 g/mol. The number of aromatic nitrogens is 3. The molecule has 0 N–H and O–H groups in total. The molecule has 320 valence electrons. The summed E-state index contributed by atoms with van der Waals surface area (Å²) in [6, 6.07) is 11.1. The molecule has 4 fully saturated rings. The number of anilines is 1. The molecule has 60 heavy (non-hydrogen) atoms. The second kappa shape index (κ2) is 17.0. The molecule has 5 aliphatic rings. The number of benzene rings is 1. The zero-order valence-corrected chi connectivity index (χ0v) is 36.7. The summed E-state index contributed by atoms with van der Waals surface area (Å²) in [7, 11) is 0. The lowest BCUT2D eigenvalue weighted by Crippen LogP contribution is -2.50. The standard InChI is InChI=1S/C51H66N4O5/c1-32(2)9-6-10-33(3)41-17-18-42-39-16-14-36-29-34(20-22-50(36,4)43(39)21-23-51(41,42)5)30-37(56)15-19-44(57)59-38-12-7-11-35(31-38)47-53-45-40-13-8-24-52-49(40)60-46(45)48(54-47)55-25-27-58-28-26-55/h7-8,11-14,24,31-34,39,41-43H,6,9-10,15-23,25-30H2,1-5H3/t33-,34?,39?,41?,42+,43+,50?,51?/m1/s1. The number of furan rings is 1. The molecule has 1 aliphatic heterocycles. The van der Waals surface area contributed by atoms with E-state index in [1.54, 1.807) is 23.9 Å². The van der Waals surface area contributed by atoms with Crippen LogP contribution in [0.1, 0.15) is 125 Å². The fourth-order valence-electron chi connectivity index (χ4n) is 13.1. The molecule has 0 bridgehead atoms. The highest BCUT2D eigenvalue weighted by molar-refractivity contribution is 6.05. The van der Waals surface area contributed by atoms with Gasteiger partial charge in [0.2, 0.25) is 5.71 Å². The minimum Gasteiger partial charge on any atom is -0.432 e. The van der Waals surface area contributed by atoms with Crippen molar-refractivity contribution >= 4 is 39.8 Å². The van der Waals surface area contributed by atoms with Gasteiger partial charge in [0.15, 0.2) is 17.2 Å². The number of allylic oxidation sites excluding steroid dienone is 2. The fourth-order valence-corrected chi connectivity index (χ4v) is 13.1. The Labute approximate surface area is 356 Å². The molecule has 5 unspecified atom stereocenters. The number of hydrogen-bond donors (Lipinski definition) is 0. The number of carbonyl (C=O) groups is 2. The zero-order chi connectivity index (χ0) is 41.6. The van der Waals surface area contributed by atoms with Crippen LogP contribution in [0.2, 0.25) is 0 Å². The highest BCUT2D eigenvalue weighted by Gasteiger charge is 2.59. The Hall–Kier alpha value is -4.11. The Morgan fingerprint density at radius 1 is 0.950 bits per heavy atom. The molecular formula is C51H66N4O5. The lowest BCUT2D eigenvalue weighted by molar-refractivity contribution is -0.136. The van der Waals surface area contributed by atoms with Crippen LogP contribution in [0.5, 0.6) is 5.75 Å². The van der Waals surface area contributed by atoms with Crippen LogP contribution in [0.15, 0.2) is 58.7 Å². The van der Waals surface area contributed by atoms with E-state index in [1.807, 2.05) is 24.3 Å². The van der Waals surface area contributed by atoms with Gasteiger partial charge in [0.1, 0.15) is 17.0 Å². The van der Waals surface area contributed by atoms with Gasteiger partial charge < -0.3 is 18.8 Å². The van der Waals surface area contributed by atoms with E-state index < -0.39 is 5.97 Å². The molecule has 0 radical (unpaired) electrons. The first-order valence-electron chi connectivity index (χ1n) is 23.4. The Morgan fingerprint density at radius 2 is 1.80 bits per heavy atom. The molecule has 8 atom stereocenters. The SMILES string of the molecule is CC(C)CCC[C@@H](C)C1CC[C@H]2C3CC=C4CC(CC(=O)CCC(=O)Oc5cccc(-c6nc(N7CCOCC7)c7oc8ncccc8c7n6)c5)CCC4(C)[C@H]3CCC12C. The Balaban J connectivity index is 0.799. The van der Waals surface area contributed by atoms with Crippen LogP contribution in [0.25, 0.3) is 33.6 Å². The highest BCUT2D eigenvalue weighted by atomic mass is 16.5. The summed E-state index contributed by atoms with van der Waals surface area (Å²) >= 11 is 0. The number of morpholine rings is 1. The maximum atomic E-state index is 13.4. The molecule has 9 rings (SSSR count). The van der Waals surface area contributed by atoms with Crippen LogP contribution >= 0.6 is 0 Å². The molecule has 9 heteroatoms. The molecule has 3 saturated carbocycles. The van der Waals surface area contributed by atoms with Gasteiger partial charge in [-0.3, -0.25) is 9.59 Å². The van der Waals surface area contributed by atoms with E-state index >= 15 is 0 Å². The number of carbonyl (C=O) groups excluding carboxylic acids is 2. The lowest BCUT2D eigenvalue weighted by Gasteiger charge is -2.58. The van der Waals surface area contributed by atoms with Crippen molar-refractivity contribution in [3.05, 3.63) is 54.2 Å². The second-order valence-corrected chi connectivity index (χ2v) is 20.2. The minimum atomic E-state index is -0.404. The van der Waals surface area contributed by atoms with Crippen molar-refractivity contribution in [2.75, 3.05) is 31.2 Å². The van der Waals surface area contributed by atoms with Crippen LogP contribution in [0.3, 0.4) is 0 Å². The predicted molar refractivity (Wildman–Crippen MR) is 237 cm³/mol.